The molecule has 0 spiro atoms. The lowest BCUT2D eigenvalue weighted by molar-refractivity contribution is -0.217. The average molecular weight is 220 g/mol. The monoisotopic (exact) mass is 220 g/mol. The van der Waals surface area contributed by atoms with Crippen molar-refractivity contribution in [2.24, 2.45) is 17.8 Å². The first-order chi connectivity index (χ1) is 7.00. The van der Waals surface area contributed by atoms with Gasteiger partial charge in [-0.3, -0.25) is 0 Å². The molecule has 1 fully saturated rings. The molecule has 0 aromatic rings. The minimum Gasteiger partial charge on any atom is -0.372 e. The van der Waals surface area contributed by atoms with Crippen LogP contribution in [0.15, 0.2) is 12.2 Å². The topological polar surface area (TPSA) is 9.23 Å². The molecular weight excluding hydrogens is 205 g/mol. The Kier molecular flexibility index (Phi) is 2.79. The van der Waals surface area contributed by atoms with Crippen LogP contribution in [0.4, 0.5) is 13.2 Å². The van der Waals surface area contributed by atoms with Crippen molar-refractivity contribution in [3.05, 3.63) is 12.2 Å². The molecule has 2 aliphatic carbocycles. The van der Waals surface area contributed by atoms with Gasteiger partial charge in [-0.15, -0.1) is 0 Å². The van der Waals surface area contributed by atoms with Crippen LogP contribution in [0.2, 0.25) is 0 Å². The third-order valence-electron chi connectivity index (χ3n) is 3.58. The van der Waals surface area contributed by atoms with Gasteiger partial charge >= 0.3 is 6.18 Å². The SMILES string of the molecule is COC(CC1CC2C=CC1C2)C(F)(F)F. The molecule has 0 N–H and O–H groups in total. The van der Waals surface area contributed by atoms with Gasteiger partial charge in [-0.2, -0.15) is 13.2 Å². The lowest BCUT2D eigenvalue weighted by Gasteiger charge is -2.25. The summed E-state index contributed by atoms with van der Waals surface area (Å²) in [6.07, 6.45) is 0.454. The summed E-state index contributed by atoms with van der Waals surface area (Å²) >= 11 is 0. The molecule has 1 saturated carbocycles. The minimum atomic E-state index is -4.22. The fraction of sp³-hybridized carbons (Fsp3) is 0.818. The van der Waals surface area contributed by atoms with Gasteiger partial charge in [0.05, 0.1) is 0 Å². The van der Waals surface area contributed by atoms with Crippen LogP contribution in [0.3, 0.4) is 0 Å². The Labute approximate surface area is 87.3 Å². The predicted octanol–water partition coefficient (Wildman–Crippen LogP) is 3.17. The van der Waals surface area contributed by atoms with E-state index in [-0.39, 0.29) is 12.3 Å². The molecule has 1 nitrogen and oxygen atoms in total. The lowest BCUT2D eigenvalue weighted by atomic mass is 9.88. The third-order valence-corrected chi connectivity index (χ3v) is 3.58. The van der Waals surface area contributed by atoms with Crippen molar-refractivity contribution in [3.8, 4) is 0 Å². The molecule has 0 aliphatic heterocycles. The van der Waals surface area contributed by atoms with Crippen LogP contribution < -0.4 is 0 Å². The molecule has 0 aromatic heterocycles. The molecular formula is C11H15F3O. The van der Waals surface area contributed by atoms with Gasteiger partial charge in [0.15, 0.2) is 6.10 Å². The zero-order valence-electron chi connectivity index (χ0n) is 8.63. The lowest BCUT2D eigenvalue weighted by Crippen LogP contribution is -2.33. The van der Waals surface area contributed by atoms with Crippen molar-refractivity contribution in [1.29, 1.82) is 0 Å². The number of methoxy groups -OCH3 is 1. The van der Waals surface area contributed by atoms with E-state index in [4.69, 9.17) is 0 Å². The van der Waals surface area contributed by atoms with Gasteiger partial charge in [0, 0.05) is 7.11 Å². The van der Waals surface area contributed by atoms with Gasteiger partial charge in [-0.25, -0.2) is 0 Å². The van der Waals surface area contributed by atoms with Crippen LogP contribution in [0.5, 0.6) is 0 Å². The van der Waals surface area contributed by atoms with E-state index >= 15 is 0 Å². The summed E-state index contributed by atoms with van der Waals surface area (Å²) in [5.41, 5.74) is 0. The molecule has 0 heterocycles. The molecule has 4 heteroatoms. The minimum absolute atomic E-state index is 0.117. The van der Waals surface area contributed by atoms with E-state index in [1.54, 1.807) is 0 Å². The van der Waals surface area contributed by atoms with Crippen molar-refractivity contribution in [3.63, 3.8) is 0 Å². The second kappa shape index (κ2) is 3.81. The molecule has 2 rings (SSSR count). The fourth-order valence-electron chi connectivity index (χ4n) is 2.80. The molecule has 4 unspecified atom stereocenters. The smallest absolute Gasteiger partial charge is 0.372 e. The Morgan fingerprint density at radius 1 is 1.33 bits per heavy atom. The Bertz CT molecular complexity index is 259. The third kappa shape index (κ3) is 2.19. The van der Waals surface area contributed by atoms with Gasteiger partial charge in [0.2, 0.25) is 0 Å². The summed E-state index contributed by atoms with van der Waals surface area (Å²) in [6, 6.07) is 0. The average Bonchev–Trinajstić information content (AvgIpc) is 2.72. The zero-order valence-corrected chi connectivity index (χ0v) is 8.63. The number of fused-ring (bicyclic) bond motifs is 2. The summed E-state index contributed by atoms with van der Waals surface area (Å²) in [5.74, 6) is 1.03. The first-order valence-corrected chi connectivity index (χ1v) is 5.28. The molecule has 15 heavy (non-hydrogen) atoms. The molecule has 86 valence electrons. The largest absolute Gasteiger partial charge is 0.414 e. The van der Waals surface area contributed by atoms with Crippen molar-refractivity contribution in [1.82, 2.24) is 0 Å². The Hall–Kier alpha value is -0.510. The van der Waals surface area contributed by atoms with Gasteiger partial charge in [-0.1, -0.05) is 12.2 Å². The van der Waals surface area contributed by atoms with E-state index in [0.717, 1.165) is 20.0 Å². The van der Waals surface area contributed by atoms with Crippen LogP contribution in [0.25, 0.3) is 0 Å². The molecule has 0 amide bonds. The number of alkyl halides is 3. The Balaban J connectivity index is 1.94. The summed E-state index contributed by atoms with van der Waals surface area (Å²) < 4.78 is 42.0. The number of hydrogen-bond acceptors (Lipinski definition) is 1. The van der Waals surface area contributed by atoms with E-state index in [2.05, 4.69) is 16.9 Å². The van der Waals surface area contributed by atoms with Crippen molar-refractivity contribution in [2.45, 2.75) is 31.5 Å². The molecule has 4 atom stereocenters. The second-order valence-electron chi connectivity index (χ2n) is 4.54. The fourth-order valence-corrected chi connectivity index (χ4v) is 2.80. The predicted molar refractivity (Wildman–Crippen MR) is 50.3 cm³/mol. The maximum Gasteiger partial charge on any atom is 0.414 e. The van der Waals surface area contributed by atoms with Crippen LogP contribution in [0, 0.1) is 17.8 Å². The van der Waals surface area contributed by atoms with Crippen LogP contribution in [-0.4, -0.2) is 19.4 Å². The number of allylic oxidation sites excluding steroid dienone is 2. The van der Waals surface area contributed by atoms with Gasteiger partial charge in [0.25, 0.3) is 0 Å². The van der Waals surface area contributed by atoms with Gasteiger partial charge < -0.3 is 4.74 Å². The van der Waals surface area contributed by atoms with E-state index in [1.807, 2.05) is 0 Å². The van der Waals surface area contributed by atoms with E-state index in [1.165, 1.54) is 0 Å². The summed E-state index contributed by atoms with van der Waals surface area (Å²) in [4.78, 5) is 0. The van der Waals surface area contributed by atoms with Crippen molar-refractivity contribution < 1.29 is 17.9 Å². The summed E-state index contributed by atoms with van der Waals surface area (Å²) in [5, 5.41) is 0. The quantitative estimate of drug-likeness (QED) is 0.664. The first kappa shape index (κ1) is 11.0. The second-order valence-corrected chi connectivity index (χ2v) is 4.54. The number of ether oxygens (including phenoxy) is 1. The van der Waals surface area contributed by atoms with E-state index in [9.17, 15) is 13.2 Å². The van der Waals surface area contributed by atoms with E-state index < -0.39 is 12.3 Å². The highest BCUT2D eigenvalue weighted by atomic mass is 19.4. The standard InChI is InChI=1S/C11H15F3O/c1-15-10(11(12,13)14)6-9-5-7-2-3-8(9)4-7/h2-3,7-10H,4-6H2,1H3. The number of halogens is 3. The maximum absolute atomic E-state index is 12.5. The highest BCUT2D eigenvalue weighted by molar-refractivity contribution is 5.10. The Morgan fingerprint density at radius 2 is 2.07 bits per heavy atom. The normalized spacial score (nSPS) is 36.1. The number of hydrogen-bond donors (Lipinski definition) is 0. The first-order valence-electron chi connectivity index (χ1n) is 5.28. The molecule has 0 aromatic carbocycles. The number of rotatable bonds is 3. The van der Waals surface area contributed by atoms with Crippen molar-refractivity contribution >= 4 is 0 Å². The summed E-state index contributed by atoms with van der Waals surface area (Å²) in [6.45, 7) is 0. The zero-order chi connectivity index (χ0) is 11.1. The highest BCUT2D eigenvalue weighted by Gasteiger charge is 2.45. The van der Waals surface area contributed by atoms with Gasteiger partial charge in [0.1, 0.15) is 0 Å². The van der Waals surface area contributed by atoms with Crippen LogP contribution in [-0.2, 0) is 4.74 Å². The van der Waals surface area contributed by atoms with E-state index in [0.29, 0.717) is 11.8 Å². The highest BCUT2D eigenvalue weighted by Crippen LogP contribution is 2.46. The molecule has 2 bridgehead atoms. The summed E-state index contributed by atoms with van der Waals surface area (Å²) in [7, 11) is 1.14. The van der Waals surface area contributed by atoms with Crippen molar-refractivity contribution in [2.75, 3.05) is 7.11 Å². The van der Waals surface area contributed by atoms with Gasteiger partial charge in [-0.05, 0) is 37.0 Å². The van der Waals surface area contributed by atoms with Crippen LogP contribution in [0.1, 0.15) is 19.3 Å². The molecule has 0 saturated heterocycles. The molecule has 2 aliphatic rings. The van der Waals surface area contributed by atoms with Crippen LogP contribution >= 0.6 is 0 Å². The maximum atomic E-state index is 12.5. The Morgan fingerprint density at radius 3 is 2.47 bits per heavy atom. The molecule has 0 radical (unpaired) electrons.